The summed E-state index contributed by atoms with van der Waals surface area (Å²) in [6, 6.07) is 15.1. The predicted molar refractivity (Wildman–Crippen MR) is 78.9 cm³/mol. The number of nitrogens with two attached hydrogens (primary N) is 1. The quantitative estimate of drug-likeness (QED) is 0.873. The second kappa shape index (κ2) is 5.98. The van der Waals surface area contributed by atoms with Gasteiger partial charge in [-0.2, -0.15) is 0 Å². The second-order valence-electron chi connectivity index (χ2n) is 5.09. The lowest BCUT2D eigenvalue weighted by molar-refractivity contribution is 0.382. The highest BCUT2D eigenvalue weighted by molar-refractivity contribution is 5.86. The van der Waals surface area contributed by atoms with Crippen molar-refractivity contribution in [2.75, 3.05) is 27.2 Å². The zero-order valence-corrected chi connectivity index (χ0v) is 11.3. The van der Waals surface area contributed by atoms with E-state index in [4.69, 9.17) is 5.73 Å². The highest BCUT2D eigenvalue weighted by Gasteiger charge is 2.12. The van der Waals surface area contributed by atoms with Crippen LogP contribution in [0.4, 0.5) is 0 Å². The van der Waals surface area contributed by atoms with E-state index in [1.807, 2.05) is 0 Å². The number of benzene rings is 2. The van der Waals surface area contributed by atoms with Crippen molar-refractivity contribution in [2.24, 2.45) is 5.73 Å². The van der Waals surface area contributed by atoms with Crippen LogP contribution in [-0.2, 0) is 0 Å². The zero-order chi connectivity index (χ0) is 13.0. The van der Waals surface area contributed by atoms with Crippen LogP contribution in [0.3, 0.4) is 0 Å². The first-order chi connectivity index (χ1) is 8.72. The van der Waals surface area contributed by atoms with Crippen LogP contribution in [-0.4, -0.2) is 32.1 Å². The summed E-state index contributed by atoms with van der Waals surface area (Å²) in [4.78, 5) is 2.22. The molecule has 0 fully saturated rings. The lowest BCUT2D eigenvalue weighted by Gasteiger charge is -2.19. The fraction of sp³-hybridized carbons (Fsp3) is 0.375. The molecular weight excluding hydrogens is 220 g/mol. The summed E-state index contributed by atoms with van der Waals surface area (Å²) in [5, 5.41) is 2.65. The molecule has 18 heavy (non-hydrogen) atoms. The third kappa shape index (κ3) is 2.89. The lowest BCUT2D eigenvalue weighted by atomic mass is 9.91. The first-order valence-electron chi connectivity index (χ1n) is 6.55. The molecule has 2 rings (SSSR count). The standard InChI is InChI=1S/C16H22N2/c1-18(2)11-10-14(12-17)16-9-5-7-13-6-3-4-8-15(13)16/h3-9,14H,10-12,17H2,1-2H3/t14-/m1/s1. The first kappa shape index (κ1) is 13.1. The van der Waals surface area contributed by atoms with Crippen LogP contribution in [0, 0.1) is 0 Å². The molecule has 96 valence electrons. The molecule has 2 aromatic rings. The van der Waals surface area contributed by atoms with Gasteiger partial charge in [-0.15, -0.1) is 0 Å². The predicted octanol–water partition coefficient (Wildman–Crippen LogP) is 2.83. The fourth-order valence-electron chi connectivity index (χ4n) is 2.42. The first-order valence-corrected chi connectivity index (χ1v) is 6.55. The van der Waals surface area contributed by atoms with E-state index in [9.17, 15) is 0 Å². The molecule has 0 spiro atoms. The van der Waals surface area contributed by atoms with Crippen molar-refractivity contribution >= 4 is 10.8 Å². The van der Waals surface area contributed by atoms with Gasteiger partial charge in [0.2, 0.25) is 0 Å². The molecule has 0 heterocycles. The maximum absolute atomic E-state index is 5.96. The van der Waals surface area contributed by atoms with Crippen LogP contribution >= 0.6 is 0 Å². The molecule has 2 N–H and O–H groups in total. The van der Waals surface area contributed by atoms with Crippen molar-refractivity contribution in [3.05, 3.63) is 48.0 Å². The Labute approximate surface area is 109 Å². The van der Waals surface area contributed by atoms with Crippen molar-refractivity contribution in [3.8, 4) is 0 Å². The molecule has 0 aliphatic rings. The SMILES string of the molecule is CN(C)CC[C@H](CN)c1cccc2ccccc12. The van der Waals surface area contributed by atoms with E-state index in [-0.39, 0.29) is 0 Å². The van der Waals surface area contributed by atoms with E-state index in [0.717, 1.165) is 13.0 Å². The Balaban J connectivity index is 2.32. The molecule has 0 amide bonds. The Bertz CT molecular complexity index is 500. The molecule has 0 saturated heterocycles. The monoisotopic (exact) mass is 242 g/mol. The summed E-state index contributed by atoms with van der Waals surface area (Å²) in [7, 11) is 4.22. The molecule has 0 aromatic heterocycles. The van der Waals surface area contributed by atoms with Gasteiger partial charge in [-0.1, -0.05) is 42.5 Å². The van der Waals surface area contributed by atoms with E-state index < -0.39 is 0 Å². The molecule has 0 radical (unpaired) electrons. The molecule has 0 unspecified atom stereocenters. The maximum atomic E-state index is 5.96. The van der Waals surface area contributed by atoms with Crippen molar-refractivity contribution in [2.45, 2.75) is 12.3 Å². The zero-order valence-electron chi connectivity index (χ0n) is 11.3. The van der Waals surface area contributed by atoms with Gasteiger partial charge in [0.05, 0.1) is 0 Å². The van der Waals surface area contributed by atoms with Crippen LogP contribution in [0.15, 0.2) is 42.5 Å². The molecule has 2 nitrogen and oxygen atoms in total. The van der Waals surface area contributed by atoms with Gasteiger partial charge in [0.15, 0.2) is 0 Å². The highest BCUT2D eigenvalue weighted by Crippen LogP contribution is 2.27. The number of fused-ring (bicyclic) bond motifs is 1. The summed E-state index contributed by atoms with van der Waals surface area (Å²) in [5.41, 5.74) is 7.35. The summed E-state index contributed by atoms with van der Waals surface area (Å²) < 4.78 is 0. The van der Waals surface area contributed by atoms with Crippen molar-refractivity contribution in [1.29, 1.82) is 0 Å². The minimum atomic E-state index is 0.443. The Kier molecular flexibility index (Phi) is 4.34. The molecular formula is C16H22N2. The molecule has 2 aromatic carbocycles. The molecule has 0 aliphatic heterocycles. The summed E-state index contributed by atoms with van der Waals surface area (Å²) >= 11 is 0. The van der Waals surface area contributed by atoms with Crippen molar-refractivity contribution < 1.29 is 0 Å². The number of rotatable bonds is 5. The smallest absolute Gasteiger partial charge is 0.000753 e. The summed E-state index contributed by atoms with van der Waals surface area (Å²) in [6.07, 6.45) is 1.11. The fourth-order valence-corrected chi connectivity index (χ4v) is 2.42. The largest absolute Gasteiger partial charge is 0.330 e. The van der Waals surface area contributed by atoms with E-state index in [0.29, 0.717) is 12.5 Å². The van der Waals surface area contributed by atoms with E-state index in [1.165, 1.54) is 16.3 Å². The van der Waals surface area contributed by atoms with Crippen LogP contribution in [0.2, 0.25) is 0 Å². The van der Waals surface area contributed by atoms with Gasteiger partial charge in [-0.3, -0.25) is 0 Å². The Hall–Kier alpha value is -1.38. The van der Waals surface area contributed by atoms with Gasteiger partial charge in [0.1, 0.15) is 0 Å². The van der Waals surface area contributed by atoms with Crippen molar-refractivity contribution in [1.82, 2.24) is 4.90 Å². The van der Waals surface area contributed by atoms with E-state index in [1.54, 1.807) is 0 Å². The topological polar surface area (TPSA) is 29.3 Å². The maximum Gasteiger partial charge on any atom is -0.000753 e. The minimum absolute atomic E-state index is 0.443. The highest BCUT2D eigenvalue weighted by atomic mass is 15.0. The second-order valence-corrected chi connectivity index (χ2v) is 5.09. The normalized spacial score (nSPS) is 13.1. The van der Waals surface area contributed by atoms with Crippen LogP contribution < -0.4 is 5.73 Å². The van der Waals surface area contributed by atoms with Crippen LogP contribution in [0.25, 0.3) is 10.8 Å². The van der Waals surface area contributed by atoms with Gasteiger partial charge < -0.3 is 10.6 Å². The molecule has 0 saturated carbocycles. The van der Waals surface area contributed by atoms with Gasteiger partial charge >= 0.3 is 0 Å². The lowest BCUT2D eigenvalue weighted by Crippen LogP contribution is -2.20. The van der Waals surface area contributed by atoms with Gasteiger partial charge in [-0.25, -0.2) is 0 Å². The minimum Gasteiger partial charge on any atom is -0.330 e. The average Bonchev–Trinajstić information content (AvgIpc) is 2.39. The average molecular weight is 242 g/mol. The third-order valence-electron chi connectivity index (χ3n) is 3.47. The number of nitrogens with zero attached hydrogens (tertiary/aromatic N) is 1. The molecule has 0 aliphatic carbocycles. The van der Waals surface area contributed by atoms with Gasteiger partial charge in [0.25, 0.3) is 0 Å². The van der Waals surface area contributed by atoms with Gasteiger partial charge in [0, 0.05) is 0 Å². The van der Waals surface area contributed by atoms with Crippen LogP contribution in [0.1, 0.15) is 17.9 Å². The molecule has 0 bridgehead atoms. The summed E-state index contributed by atoms with van der Waals surface area (Å²) in [5.74, 6) is 0.443. The van der Waals surface area contributed by atoms with E-state index >= 15 is 0 Å². The Morgan fingerprint density at radius 3 is 2.50 bits per heavy atom. The third-order valence-corrected chi connectivity index (χ3v) is 3.47. The number of hydrogen-bond donors (Lipinski definition) is 1. The molecule has 1 atom stereocenters. The van der Waals surface area contributed by atoms with Crippen LogP contribution in [0.5, 0.6) is 0 Å². The molecule has 2 heteroatoms. The van der Waals surface area contributed by atoms with Gasteiger partial charge in [-0.05, 0) is 55.9 Å². The Morgan fingerprint density at radius 1 is 1.06 bits per heavy atom. The Morgan fingerprint density at radius 2 is 1.78 bits per heavy atom. The number of hydrogen-bond acceptors (Lipinski definition) is 2. The summed E-state index contributed by atoms with van der Waals surface area (Å²) in [6.45, 7) is 1.78. The van der Waals surface area contributed by atoms with Crippen molar-refractivity contribution in [3.63, 3.8) is 0 Å². The van der Waals surface area contributed by atoms with E-state index in [2.05, 4.69) is 61.5 Å².